The number of hydrogen-bond acceptors (Lipinski definition) is 3. The quantitative estimate of drug-likeness (QED) is 0.426. The van der Waals surface area contributed by atoms with E-state index in [0.29, 0.717) is 5.75 Å². The number of aromatic hydroxyl groups is 1. The van der Waals surface area contributed by atoms with Crippen LogP contribution in [0.25, 0.3) is 0 Å². The fourth-order valence-corrected chi connectivity index (χ4v) is 0.945. The number of carbonyl (C=O) groups is 1. The van der Waals surface area contributed by atoms with E-state index < -0.39 is 5.97 Å². The summed E-state index contributed by atoms with van der Waals surface area (Å²) >= 11 is 0. The van der Waals surface area contributed by atoms with E-state index in [4.69, 9.17) is 9.84 Å². The maximum atomic E-state index is 10.8. The lowest BCUT2D eigenvalue weighted by Gasteiger charge is -2.02. The monoisotopic (exact) mass is 178 g/mol. The van der Waals surface area contributed by atoms with Gasteiger partial charge in [-0.3, -0.25) is 0 Å². The molecule has 1 aromatic carbocycles. The van der Waals surface area contributed by atoms with Crippen molar-refractivity contribution >= 4 is 5.97 Å². The van der Waals surface area contributed by atoms with Gasteiger partial charge in [-0.1, -0.05) is 6.58 Å². The summed E-state index contributed by atoms with van der Waals surface area (Å²) in [5.74, 6) is -0.140. The van der Waals surface area contributed by atoms with Gasteiger partial charge in [-0.15, -0.1) is 0 Å². The van der Waals surface area contributed by atoms with Gasteiger partial charge in [0, 0.05) is 12.1 Å². The van der Waals surface area contributed by atoms with Gasteiger partial charge in [-0.2, -0.15) is 0 Å². The molecule has 0 fully saturated rings. The largest absolute Gasteiger partial charge is 0.508 e. The number of phenols is 1. The number of benzene rings is 1. The highest BCUT2D eigenvalue weighted by Crippen LogP contribution is 2.21. The molecule has 3 heteroatoms. The normalized spacial score (nSPS) is 9.31. The van der Waals surface area contributed by atoms with Crippen molar-refractivity contribution in [2.24, 2.45) is 0 Å². The highest BCUT2D eigenvalue weighted by molar-refractivity contribution is 5.83. The highest BCUT2D eigenvalue weighted by Gasteiger charge is 2.01. The fourth-order valence-electron chi connectivity index (χ4n) is 0.945. The van der Waals surface area contributed by atoms with Crippen LogP contribution >= 0.6 is 0 Å². The molecule has 1 N–H and O–H groups in total. The van der Waals surface area contributed by atoms with Crippen LogP contribution in [0.5, 0.6) is 11.5 Å². The minimum absolute atomic E-state index is 0.0758. The lowest BCUT2D eigenvalue weighted by atomic mass is 10.2. The van der Waals surface area contributed by atoms with Crippen LogP contribution in [0.15, 0.2) is 30.9 Å². The Labute approximate surface area is 76.3 Å². The predicted molar refractivity (Wildman–Crippen MR) is 48.7 cm³/mol. The van der Waals surface area contributed by atoms with Crippen molar-refractivity contribution in [1.29, 1.82) is 0 Å². The summed E-state index contributed by atoms with van der Waals surface area (Å²) in [6.07, 6.45) is 1.07. The zero-order valence-electron chi connectivity index (χ0n) is 7.28. The molecule has 0 saturated carbocycles. The second kappa shape index (κ2) is 3.76. The average Bonchev–Trinajstić information content (AvgIpc) is 2.02. The topological polar surface area (TPSA) is 46.5 Å². The minimum atomic E-state index is -0.537. The molecule has 0 aliphatic carbocycles. The van der Waals surface area contributed by atoms with E-state index >= 15 is 0 Å². The standard InChI is InChI=1S/C10H10O3/c1-3-10(12)13-9-5-7(2)4-8(11)6-9/h3-6,11H,1H2,2H3. The lowest BCUT2D eigenvalue weighted by Crippen LogP contribution is -2.02. The predicted octanol–water partition coefficient (Wildman–Crippen LogP) is 1.79. The zero-order chi connectivity index (χ0) is 9.84. The number of aryl methyl sites for hydroxylation is 1. The SMILES string of the molecule is C=CC(=O)Oc1cc(C)cc(O)c1. The molecule has 68 valence electrons. The number of rotatable bonds is 2. The summed E-state index contributed by atoms with van der Waals surface area (Å²) in [5, 5.41) is 9.16. The third-order valence-electron chi connectivity index (χ3n) is 1.42. The van der Waals surface area contributed by atoms with E-state index in [1.165, 1.54) is 6.07 Å². The van der Waals surface area contributed by atoms with Crippen LogP contribution in [0, 0.1) is 6.92 Å². The van der Waals surface area contributed by atoms with Crippen molar-refractivity contribution < 1.29 is 14.6 Å². The zero-order valence-corrected chi connectivity index (χ0v) is 7.28. The van der Waals surface area contributed by atoms with Crippen LogP contribution in [-0.4, -0.2) is 11.1 Å². The highest BCUT2D eigenvalue weighted by atomic mass is 16.5. The van der Waals surface area contributed by atoms with Crippen molar-refractivity contribution in [3.05, 3.63) is 36.4 Å². The first-order chi connectivity index (χ1) is 6.11. The molecule has 13 heavy (non-hydrogen) atoms. The summed E-state index contributed by atoms with van der Waals surface area (Å²) in [6.45, 7) is 5.06. The van der Waals surface area contributed by atoms with E-state index in [-0.39, 0.29) is 5.75 Å². The van der Waals surface area contributed by atoms with Crippen LogP contribution in [0.3, 0.4) is 0 Å². The molecule has 0 unspecified atom stereocenters. The molecule has 1 aromatic rings. The third-order valence-corrected chi connectivity index (χ3v) is 1.42. The van der Waals surface area contributed by atoms with Crippen LogP contribution in [0.4, 0.5) is 0 Å². The maximum absolute atomic E-state index is 10.8. The van der Waals surface area contributed by atoms with Gasteiger partial charge in [0.2, 0.25) is 0 Å². The van der Waals surface area contributed by atoms with Gasteiger partial charge in [0.1, 0.15) is 11.5 Å². The van der Waals surface area contributed by atoms with E-state index in [1.54, 1.807) is 19.1 Å². The van der Waals surface area contributed by atoms with Crippen LogP contribution in [0.1, 0.15) is 5.56 Å². The molecule has 3 nitrogen and oxygen atoms in total. The number of carbonyl (C=O) groups excluding carboxylic acids is 1. The van der Waals surface area contributed by atoms with Crippen LogP contribution < -0.4 is 4.74 Å². The Hall–Kier alpha value is -1.77. The summed E-state index contributed by atoms with van der Waals surface area (Å²) in [6, 6.07) is 4.60. The average molecular weight is 178 g/mol. The molecular formula is C10H10O3. The van der Waals surface area contributed by atoms with E-state index in [0.717, 1.165) is 11.6 Å². The van der Waals surface area contributed by atoms with Gasteiger partial charge in [0.25, 0.3) is 0 Å². The number of esters is 1. The molecule has 0 spiro atoms. The van der Waals surface area contributed by atoms with Crippen molar-refractivity contribution in [3.8, 4) is 11.5 Å². The van der Waals surface area contributed by atoms with Gasteiger partial charge < -0.3 is 9.84 Å². The molecule has 0 aliphatic rings. The van der Waals surface area contributed by atoms with Crippen molar-refractivity contribution in [1.82, 2.24) is 0 Å². The first kappa shape index (κ1) is 9.32. The van der Waals surface area contributed by atoms with Gasteiger partial charge in [0.15, 0.2) is 0 Å². The second-order valence-corrected chi connectivity index (χ2v) is 2.63. The Kier molecular flexibility index (Phi) is 2.69. The van der Waals surface area contributed by atoms with Crippen molar-refractivity contribution in [2.75, 3.05) is 0 Å². The van der Waals surface area contributed by atoms with Gasteiger partial charge in [-0.05, 0) is 24.6 Å². The molecule has 0 bridgehead atoms. The first-order valence-corrected chi connectivity index (χ1v) is 3.76. The summed E-state index contributed by atoms with van der Waals surface area (Å²) < 4.78 is 4.81. The van der Waals surface area contributed by atoms with E-state index in [9.17, 15) is 4.79 Å². The second-order valence-electron chi connectivity index (χ2n) is 2.63. The molecule has 0 amide bonds. The van der Waals surface area contributed by atoms with Crippen LogP contribution in [-0.2, 0) is 4.79 Å². The number of phenolic OH excluding ortho intramolecular Hbond substituents is 1. The first-order valence-electron chi connectivity index (χ1n) is 3.76. The van der Waals surface area contributed by atoms with E-state index in [1.807, 2.05) is 0 Å². The molecule has 0 aromatic heterocycles. The molecule has 0 atom stereocenters. The Morgan fingerprint density at radius 2 is 2.23 bits per heavy atom. The van der Waals surface area contributed by atoms with Gasteiger partial charge in [-0.25, -0.2) is 4.79 Å². The Balaban J connectivity index is 2.89. The summed E-state index contributed by atoms with van der Waals surface area (Å²) in [4.78, 5) is 10.8. The summed E-state index contributed by atoms with van der Waals surface area (Å²) in [5.41, 5.74) is 0.826. The smallest absolute Gasteiger partial charge is 0.335 e. The molecule has 0 saturated heterocycles. The van der Waals surface area contributed by atoms with Gasteiger partial charge >= 0.3 is 5.97 Å². The fraction of sp³-hybridized carbons (Fsp3) is 0.100. The van der Waals surface area contributed by atoms with Crippen molar-refractivity contribution in [2.45, 2.75) is 6.92 Å². The van der Waals surface area contributed by atoms with Crippen molar-refractivity contribution in [3.63, 3.8) is 0 Å². The van der Waals surface area contributed by atoms with Crippen LogP contribution in [0.2, 0.25) is 0 Å². The van der Waals surface area contributed by atoms with Gasteiger partial charge in [0.05, 0.1) is 0 Å². The molecule has 0 radical (unpaired) electrons. The molecule has 0 aliphatic heterocycles. The van der Waals surface area contributed by atoms with E-state index in [2.05, 4.69) is 6.58 Å². The Morgan fingerprint density at radius 1 is 1.54 bits per heavy atom. The molecule has 1 rings (SSSR count). The number of hydrogen-bond donors (Lipinski definition) is 1. The molecule has 0 heterocycles. The Bertz CT molecular complexity index is 322. The summed E-state index contributed by atoms with van der Waals surface area (Å²) in [7, 11) is 0. The number of ether oxygens (including phenoxy) is 1. The molecular weight excluding hydrogens is 168 g/mol. The minimum Gasteiger partial charge on any atom is -0.508 e. The Morgan fingerprint density at radius 3 is 2.77 bits per heavy atom. The maximum Gasteiger partial charge on any atom is 0.335 e. The lowest BCUT2D eigenvalue weighted by molar-refractivity contribution is -0.128. The third kappa shape index (κ3) is 2.63.